The Hall–Kier alpha value is -2.96. The molecule has 0 bridgehead atoms. The molecule has 7 heteroatoms. The fourth-order valence-corrected chi connectivity index (χ4v) is 4.14. The van der Waals surface area contributed by atoms with Crippen molar-refractivity contribution in [1.29, 1.82) is 0 Å². The van der Waals surface area contributed by atoms with E-state index in [-0.39, 0.29) is 17.5 Å². The van der Waals surface area contributed by atoms with Gasteiger partial charge in [-0.3, -0.25) is 9.36 Å². The minimum Gasteiger partial charge on any atom is -0.337 e. The van der Waals surface area contributed by atoms with E-state index < -0.39 is 0 Å². The predicted molar refractivity (Wildman–Crippen MR) is 105 cm³/mol. The van der Waals surface area contributed by atoms with Crippen LogP contribution in [-0.4, -0.2) is 43.2 Å². The number of hydrogen-bond donors (Lipinski definition) is 0. The highest BCUT2D eigenvalue weighted by molar-refractivity contribution is 5.95. The number of piperidine rings is 1. The summed E-state index contributed by atoms with van der Waals surface area (Å²) in [5.74, 6) is 1.10. The minimum atomic E-state index is -0.0233. The van der Waals surface area contributed by atoms with Gasteiger partial charge in [-0.25, -0.2) is 14.5 Å². The highest BCUT2D eigenvalue weighted by atomic mass is 16.2. The third kappa shape index (κ3) is 2.91. The monoisotopic (exact) mass is 377 g/mol. The van der Waals surface area contributed by atoms with Gasteiger partial charge in [0.25, 0.3) is 5.91 Å². The van der Waals surface area contributed by atoms with E-state index in [9.17, 15) is 9.59 Å². The predicted octanol–water partition coefficient (Wildman–Crippen LogP) is 2.48. The maximum Gasteiger partial charge on any atom is 0.345 e. The molecule has 0 radical (unpaired) electrons. The minimum absolute atomic E-state index is 0.0173. The van der Waals surface area contributed by atoms with Gasteiger partial charge in [0, 0.05) is 37.5 Å². The van der Waals surface area contributed by atoms with Crippen molar-refractivity contribution in [2.75, 3.05) is 13.1 Å². The van der Waals surface area contributed by atoms with Gasteiger partial charge in [0.2, 0.25) is 0 Å². The molecule has 1 amide bonds. The molecule has 3 aromatic rings. The van der Waals surface area contributed by atoms with Crippen LogP contribution in [0.1, 0.15) is 54.0 Å². The molecule has 7 nitrogen and oxygen atoms in total. The molecule has 5 rings (SSSR count). The Morgan fingerprint density at radius 3 is 2.54 bits per heavy atom. The number of aromatic nitrogens is 4. The molecule has 0 unspecified atom stereocenters. The van der Waals surface area contributed by atoms with Crippen molar-refractivity contribution in [3.63, 3.8) is 0 Å². The number of carbonyl (C=O) groups is 1. The van der Waals surface area contributed by atoms with Gasteiger partial charge in [-0.2, -0.15) is 5.10 Å². The van der Waals surface area contributed by atoms with Crippen LogP contribution < -0.4 is 5.69 Å². The maximum atomic E-state index is 12.9. The second-order valence-electron chi connectivity index (χ2n) is 7.82. The number of hydrogen-bond acceptors (Lipinski definition) is 4. The van der Waals surface area contributed by atoms with Crippen molar-refractivity contribution >= 4 is 16.8 Å². The molecule has 2 aliphatic rings. The van der Waals surface area contributed by atoms with E-state index in [2.05, 4.69) is 10.1 Å². The summed E-state index contributed by atoms with van der Waals surface area (Å²) < 4.78 is 3.33. The molecule has 144 valence electrons. The smallest absolute Gasteiger partial charge is 0.337 e. The summed E-state index contributed by atoms with van der Waals surface area (Å²) in [4.78, 5) is 31.7. The van der Waals surface area contributed by atoms with Crippen LogP contribution in [0.4, 0.5) is 0 Å². The Morgan fingerprint density at radius 2 is 1.79 bits per heavy atom. The molecule has 1 saturated carbocycles. The largest absolute Gasteiger partial charge is 0.345 e. The summed E-state index contributed by atoms with van der Waals surface area (Å²) in [6.07, 6.45) is 3.76. The number of benzene rings is 1. The van der Waals surface area contributed by atoms with Gasteiger partial charge in [0.15, 0.2) is 0 Å². The highest BCUT2D eigenvalue weighted by Crippen LogP contribution is 2.37. The zero-order valence-corrected chi connectivity index (χ0v) is 15.9. The van der Waals surface area contributed by atoms with E-state index in [0.717, 1.165) is 42.4 Å². The van der Waals surface area contributed by atoms with Crippen molar-refractivity contribution in [3.8, 4) is 0 Å². The number of carbonyl (C=O) groups excluding carboxylic acids is 1. The molecule has 2 fully saturated rings. The molecular weight excluding hydrogens is 354 g/mol. The van der Waals surface area contributed by atoms with Gasteiger partial charge in [0.05, 0.1) is 5.52 Å². The van der Waals surface area contributed by atoms with Crippen LogP contribution in [-0.2, 0) is 7.05 Å². The first-order valence-corrected chi connectivity index (χ1v) is 9.92. The summed E-state index contributed by atoms with van der Waals surface area (Å²) in [5, 5.41) is 5.54. The molecule has 1 aromatic carbocycles. The third-order valence-corrected chi connectivity index (χ3v) is 5.86. The third-order valence-electron chi connectivity index (χ3n) is 5.86. The molecule has 28 heavy (non-hydrogen) atoms. The van der Waals surface area contributed by atoms with Crippen LogP contribution in [0.25, 0.3) is 10.9 Å². The Morgan fingerprint density at radius 1 is 1.04 bits per heavy atom. The van der Waals surface area contributed by atoms with E-state index >= 15 is 0 Å². The first-order chi connectivity index (χ1) is 13.6. The number of para-hydroxylation sites is 1. The van der Waals surface area contributed by atoms with E-state index in [4.69, 9.17) is 0 Å². The van der Waals surface area contributed by atoms with Crippen LogP contribution >= 0.6 is 0 Å². The normalized spacial score (nSPS) is 18.0. The average molecular weight is 377 g/mol. The lowest BCUT2D eigenvalue weighted by Gasteiger charge is -2.31. The highest BCUT2D eigenvalue weighted by Gasteiger charge is 2.34. The summed E-state index contributed by atoms with van der Waals surface area (Å²) in [6, 6.07) is 11.9. The number of rotatable bonds is 3. The van der Waals surface area contributed by atoms with Crippen molar-refractivity contribution < 1.29 is 4.79 Å². The molecule has 1 saturated heterocycles. The van der Waals surface area contributed by atoms with Gasteiger partial charge in [0.1, 0.15) is 11.5 Å². The van der Waals surface area contributed by atoms with Crippen LogP contribution in [0.2, 0.25) is 0 Å². The molecule has 0 spiro atoms. The van der Waals surface area contributed by atoms with Gasteiger partial charge in [-0.05, 0) is 37.8 Å². The molecule has 1 aliphatic carbocycles. The van der Waals surface area contributed by atoms with Crippen molar-refractivity contribution in [2.45, 2.75) is 37.6 Å². The van der Waals surface area contributed by atoms with Gasteiger partial charge >= 0.3 is 5.69 Å². The van der Waals surface area contributed by atoms with E-state index in [1.54, 1.807) is 13.1 Å². The zero-order chi connectivity index (χ0) is 19.3. The van der Waals surface area contributed by atoms with Crippen molar-refractivity contribution in [1.82, 2.24) is 24.2 Å². The Balaban J connectivity index is 1.32. The molecule has 1 aliphatic heterocycles. The van der Waals surface area contributed by atoms with E-state index in [1.165, 1.54) is 4.68 Å². The van der Waals surface area contributed by atoms with Gasteiger partial charge in [-0.15, -0.1) is 0 Å². The second-order valence-corrected chi connectivity index (χ2v) is 7.82. The second kappa shape index (κ2) is 6.58. The summed E-state index contributed by atoms with van der Waals surface area (Å²) in [7, 11) is 1.72. The Labute approximate surface area is 162 Å². The number of nitrogens with zero attached hydrogens (tertiary/aromatic N) is 5. The van der Waals surface area contributed by atoms with Crippen molar-refractivity contribution in [2.24, 2.45) is 7.05 Å². The molecule has 0 atom stereocenters. The van der Waals surface area contributed by atoms with E-state index in [1.807, 2.05) is 39.8 Å². The Bertz CT molecular complexity index is 1100. The van der Waals surface area contributed by atoms with E-state index in [0.29, 0.717) is 24.8 Å². The lowest BCUT2D eigenvalue weighted by atomic mass is 9.95. The topological polar surface area (TPSA) is 73.0 Å². The lowest BCUT2D eigenvalue weighted by Crippen LogP contribution is -2.39. The van der Waals surface area contributed by atoms with Crippen LogP contribution in [0.3, 0.4) is 0 Å². The molecular formula is C21H23N5O2. The van der Waals surface area contributed by atoms with Crippen LogP contribution in [0, 0.1) is 0 Å². The van der Waals surface area contributed by atoms with Crippen molar-refractivity contribution in [3.05, 3.63) is 58.4 Å². The summed E-state index contributed by atoms with van der Waals surface area (Å²) in [5.41, 5.74) is 1.31. The first kappa shape index (κ1) is 17.2. The van der Waals surface area contributed by atoms with Crippen LogP contribution in [0.5, 0.6) is 0 Å². The average Bonchev–Trinajstić information content (AvgIpc) is 3.53. The number of amides is 1. The number of pyridine rings is 1. The van der Waals surface area contributed by atoms with Gasteiger partial charge in [-0.1, -0.05) is 24.3 Å². The molecule has 2 aromatic heterocycles. The van der Waals surface area contributed by atoms with Gasteiger partial charge < -0.3 is 4.90 Å². The SMILES string of the molecule is Cn1nc(C2CCN(C(=O)c3ccc4ccccc4n3)CC2)n(C2CC2)c1=O. The standard InChI is InChI=1S/C21H23N5O2/c1-24-21(28)26(16-7-8-16)19(23-24)15-10-12-25(13-11-15)20(27)18-9-6-14-4-2-3-5-17(14)22-18/h2-6,9,15-16H,7-8,10-13H2,1H3. The number of aryl methyl sites for hydroxylation is 1. The fourth-order valence-electron chi connectivity index (χ4n) is 4.14. The molecule has 0 N–H and O–H groups in total. The molecule has 3 heterocycles. The maximum absolute atomic E-state index is 12.9. The lowest BCUT2D eigenvalue weighted by molar-refractivity contribution is 0.0704. The fraction of sp³-hybridized carbons (Fsp3) is 0.429. The Kier molecular flexibility index (Phi) is 4.03. The number of likely N-dealkylation sites (tertiary alicyclic amines) is 1. The quantitative estimate of drug-likeness (QED) is 0.703. The zero-order valence-electron chi connectivity index (χ0n) is 15.9. The number of fused-ring (bicyclic) bond motifs is 1. The summed E-state index contributed by atoms with van der Waals surface area (Å²) >= 11 is 0. The van der Waals surface area contributed by atoms with Crippen LogP contribution in [0.15, 0.2) is 41.2 Å². The summed E-state index contributed by atoms with van der Waals surface area (Å²) in [6.45, 7) is 1.32. The first-order valence-electron chi connectivity index (χ1n) is 9.92.